The van der Waals surface area contributed by atoms with E-state index in [4.69, 9.17) is 0 Å². The zero-order valence-corrected chi connectivity index (χ0v) is 12.0. The third-order valence-corrected chi connectivity index (χ3v) is 5.37. The van der Waals surface area contributed by atoms with Gasteiger partial charge in [-0.05, 0) is 36.3 Å². The highest BCUT2D eigenvalue weighted by atomic mass is 32.2. The standard InChI is InChI=1S/C13H21NS2/c1-4-14-13(9(2)3)12-7-10-8-15-6-5-11(10)16-12/h7,9,13-14H,4-6,8H2,1-3H3. The highest BCUT2D eigenvalue weighted by Crippen LogP contribution is 2.36. The van der Waals surface area contributed by atoms with E-state index < -0.39 is 0 Å². The van der Waals surface area contributed by atoms with Crippen molar-refractivity contribution in [3.63, 3.8) is 0 Å². The molecule has 0 radical (unpaired) electrons. The zero-order valence-electron chi connectivity index (χ0n) is 10.4. The third-order valence-electron chi connectivity index (χ3n) is 3.04. The molecule has 0 spiro atoms. The molecule has 0 aliphatic carbocycles. The Morgan fingerprint density at radius 2 is 2.25 bits per heavy atom. The van der Waals surface area contributed by atoms with Gasteiger partial charge in [0, 0.05) is 21.5 Å². The van der Waals surface area contributed by atoms with Crippen LogP contribution in [0.25, 0.3) is 0 Å². The molecule has 1 aromatic rings. The van der Waals surface area contributed by atoms with Crippen molar-refractivity contribution in [2.24, 2.45) is 5.92 Å². The van der Waals surface area contributed by atoms with E-state index in [1.807, 2.05) is 11.3 Å². The van der Waals surface area contributed by atoms with Gasteiger partial charge in [-0.3, -0.25) is 0 Å². The molecule has 2 rings (SSSR count). The summed E-state index contributed by atoms with van der Waals surface area (Å²) in [6.45, 7) is 7.86. The normalized spacial score (nSPS) is 17.5. The van der Waals surface area contributed by atoms with E-state index in [0.29, 0.717) is 12.0 Å². The second-order valence-electron chi connectivity index (χ2n) is 4.68. The van der Waals surface area contributed by atoms with E-state index in [1.54, 1.807) is 15.3 Å². The molecule has 0 fully saturated rings. The molecule has 1 N–H and O–H groups in total. The number of aryl methyl sites for hydroxylation is 1. The lowest BCUT2D eigenvalue weighted by atomic mass is 10.0. The Balaban J connectivity index is 2.20. The number of hydrogen-bond acceptors (Lipinski definition) is 3. The number of rotatable bonds is 4. The monoisotopic (exact) mass is 255 g/mol. The lowest BCUT2D eigenvalue weighted by Crippen LogP contribution is -2.24. The zero-order chi connectivity index (χ0) is 11.5. The molecular weight excluding hydrogens is 234 g/mol. The Labute approximate surface area is 107 Å². The lowest BCUT2D eigenvalue weighted by molar-refractivity contribution is 0.428. The van der Waals surface area contributed by atoms with Gasteiger partial charge in [-0.25, -0.2) is 0 Å². The molecule has 1 aliphatic heterocycles. The van der Waals surface area contributed by atoms with Gasteiger partial charge in [0.2, 0.25) is 0 Å². The SMILES string of the molecule is CCNC(c1cc2c(s1)CCSC2)C(C)C. The maximum atomic E-state index is 3.61. The Hall–Kier alpha value is 0.01000. The van der Waals surface area contributed by atoms with E-state index in [9.17, 15) is 0 Å². The minimum Gasteiger partial charge on any atom is -0.309 e. The summed E-state index contributed by atoms with van der Waals surface area (Å²) >= 11 is 4.11. The molecule has 90 valence electrons. The van der Waals surface area contributed by atoms with Gasteiger partial charge in [0.1, 0.15) is 0 Å². The number of nitrogens with one attached hydrogen (secondary N) is 1. The Morgan fingerprint density at radius 3 is 2.88 bits per heavy atom. The Morgan fingerprint density at radius 1 is 1.44 bits per heavy atom. The van der Waals surface area contributed by atoms with Crippen LogP contribution in [-0.2, 0) is 12.2 Å². The molecule has 1 aromatic heterocycles. The van der Waals surface area contributed by atoms with Crippen molar-refractivity contribution in [2.75, 3.05) is 12.3 Å². The van der Waals surface area contributed by atoms with Gasteiger partial charge >= 0.3 is 0 Å². The van der Waals surface area contributed by atoms with Crippen LogP contribution >= 0.6 is 23.1 Å². The van der Waals surface area contributed by atoms with Crippen LogP contribution in [0.15, 0.2) is 6.07 Å². The Bertz CT molecular complexity index is 320. The molecule has 0 saturated carbocycles. The van der Waals surface area contributed by atoms with E-state index in [1.165, 1.54) is 17.9 Å². The van der Waals surface area contributed by atoms with Crippen molar-refractivity contribution in [1.82, 2.24) is 5.32 Å². The predicted octanol–water partition coefficient (Wildman–Crippen LogP) is 3.84. The van der Waals surface area contributed by atoms with Crippen LogP contribution < -0.4 is 5.32 Å². The predicted molar refractivity (Wildman–Crippen MR) is 75.4 cm³/mol. The van der Waals surface area contributed by atoms with E-state index in [2.05, 4.69) is 43.9 Å². The van der Waals surface area contributed by atoms with Crippen LogP contribution in [0.2, 0.25) is 0 Å². The molecule has 16 heavy (non-hydrogen) atoms. The molecule has 1 aliphatic rings. The summed E-state index contributed by atoms with van der Waals surface area (Å²) in [5, 5.41) is 3.61. The number of fused-ring (bicyclic) bond motifs is 1. The second-order valence-corrected chi connectivity index (χ2v) is 6.95. The second kappa shape index (κ2) is 5.56. The molecular formula is C13H21NS2. The average molecular weight is 255 g/mol. The topological polar surface area (TPSA) is 12.0 Å². The van der Waals surface area contributed by atoms with Crippen LogP contribution in [0.4, 0.5) is 0 Å². The quantitative estimate of drug-likeness (QED) is 0.877. The maximum Gasteiger partial charge on any atom is 0.0438 e. The van der Waals surface area contributed by atoms with Gasteiger partial charge in [0.25, 0.3) is 0 Å². The van der Waals surface area contributed by atoms with Crippen LogP contribution in [0, 0.1) is 5.92 Å². The molecule has 0 bridgehead atoms. The summed E-state index contributed by atoms with van der Waals surface area (Å²) in [7, 11) is 0. The first kappa shape index (κ1) is 12.5. The van der Waals surface area contributed by atoms with Crippen LogP contribution in [0.1, 0.15) is 42.1 Å². The van der Waals surface area contributed by atoms with Crippen molar-refractivity contribution in [1.29, 1.82) is 0 Å². The van der Waals surface area contributed by atoms with Crippen LogP contribution in [-0.4, -0.2) is 12.3 Å². The number of thioether (sulfide) groups is 1. The molecule has 0 aromatic carbocycles. The first-order valence-corrected chi connectivity index (χ1v) is 8.12. The fourth-order valence-electron chi connectivity index (χ4n) is 2.21. The summed E-state index contributed by atoms with van der Waals surface area (Å²) < 4.78 is 0. The highest BCUT2D eigenvalue weighted by molar-refractivity contribution is 7.98. The fraction of sp³-hybridized carbons (Fsp3) is 0.692. The third kappa shape index (κ3) is 2.63. The fourth-order valence-corrected chi connectivity index (χ4v) is 4.83. The molecule has 2 heterocycles. The molecule has 1 unspecified atom stereocenters. The molecule has 3 heteroatoms. The largest absolute Gasteiger partial charge is 0.309 e. The molecule has 0 saturated heterocycles. The minimum absolute atomic E-state index is 0.547. The smallest absolute Gasteiger partial charge is 0.0438 e. The van der Waals surface area contributed by atoms with Gasteiger partial charge in [-0.1, -0.05) is 20.8 Å². The van der Waals surface area contributed by atoms with Crippen molar-refractivity contribution < 1.29 is 0 Å². The van der Waals surface area contributed by atoms with E-state index in [-0.39, 0.29) is 0 Å². The number of hydrogen-bond donors (Lipinski definition) is 1. The van der Waals surface area contributed by atoms with Gasteiger partial charge < -0.3 is 5.32 Å². The van der Waals surface area contributed by atoms with Crippen molar-refractivity contribution in [3.8, 4) is 0 Å². The van der Waals surface area contributed by atoms with Crippen molar-refractivity contribution in [2.45, 2.75) is 39.0 Å². The van der Waals surface area contributed by atoms with Gasteiger partial charge in [-0.15, -0.1) is 11.3 Å². The summed E-state index contributed by atoms with van der Waals surface area (Å²) in [4.78, 5) is 3.18. The summed E-state index contributed by atoms with van der Waals surface area (Å²) in [6.07, 6.45) is 1.28. The first-order chi connectivity index (χ1) is 7.72. The average Bonchev–Trinajstić information content (AvgIpc) is 2.68. The van der Waals surface area contributed by atoms with Crippen LogP contribution in [0.3, 0.4) is 0 Å². The van der Waals surface area contributed by atoms with E-state index >= 15 is 0 Å². The van der Waals surface area contributed by atoms with Crippen molar-refractivity contribution in [3.05, 3.63) is 21.4 Å². The van der Waals surface area contributed by atoms with Gasteiger partial charge in [-0.2, -0.15) is 11.8 Å². The highest BCUT2D eigenvalue weighted by Gasteiger charge is 2.20. The minimum atomic E-state index is 0.547. The lowest BCUT2D eigenvalue weighted by Gasteiger charge is -2.20. The first-order valence-electron chi connectivity index (χ1n) is 6.15. The van der Waals surface area contributed by atoms with Crippen LogP contribution in [0.5, 0.6) is 0 Å². The molecule has 1 nitrogen and oxygen atoms in total. The summed E-state index contributed by atoms with van der Waals surface area (Å²) in [6, 6.07) is 2.99. The van der Waals surface area contributed by atoms with Crippen molar-refractivity contribution >= 4 is 23.1 Å². The van der Waals surface area contributed by atoms with Gasteiger partial charge in [0.15, 0.2) is 0 Å². The number of thiophene rings is 1. The summed E-state index contributed by atoms with van der Waals surface area (Å²) in [5.74, 6) is 3.20. The Kier molecular flexibility index (Phi) is 4.34. The molecule has 1 atom stereocenters. The summed E-state index contributed by atoms with van der Waals surface area (Å²) in [5.41, 5.74) is 1.60. The van der Waals surface area contributed by atoms with Gasteiger partial charge in [0.05, 0.1) is 0 Å². The van der Waals surface area contributed by atoms with E-state index in [0.717, 1.165) is 6.54 Å². The molecule has 0 amide bonds. The maximum absolute atomic E-state index is 3.61.